The van der Waals surface area contributed by atoms with Gasteiger partial charge < -0.3 is 10.3 Å². The normalized spacial score (nSPS) is 30.9. The van der Waals surface area contributed by atoms with Crippen LogP contribution in [-0.4, -0.2) is 9.55 Å². The second kappa shape index (κ2) is 5.33. The Kier molecular flexibility index (Phi) is 3.47. The Morgan fingerprint density at radius 1 is 0.905 bits per heavy atom. The second-order valence-corrected chi connectivity index (χ2v) is 7.78. The van der Waals surface area contributed by atoms with E-state index in [0.29, 0.717) is 17.9 Å². The van der Waals surface area contributed by atoms with Crippen LogP contribution in [0.1, 0.15) is 101 Å². The molecule has 0 bridgehead atoms. The van der Waals surface area contributed by atoms with Crippen LogP contribution >= 0.6 is 0 Å². The summed E-state index contributed by atoms with van der Waals surface area (Å²) in [6, 6.07) is 0.671. The van der Waals surface area contributed by atoms with Crippen molar-refractivity contribution < 1.29 is 0 Å². The molecule has 1 aromatic heterocycles. The highest BCUT2D eigenvalue weighted by molar-refractivity contribution is 5.43. The van der Waals surface area contributed by atoms with Gasteiger partial charge in [0.05, 0.1) is 5.69 Å². The molecule has 3 aliphatic carbocycles. The van der Waals surface area contributed by atoms with Crippen LogP contribution in [0.4, 0.5) is 5.82 Å². The van der Waals surface area contributed by atoms with Crippen molar-refractivity contribution >= 4 is 5.82 Å². The smallest absolute Gasteiger partial charge is 0.127 e. The van der Waals surface area contributed by atoms with E-state index in [1.807, 2.05) is 0 Å². The molecule has 2 N–H and O–H groups in total. The van der Waals surface area contributed by atoms with Crippen LogP contribution in [0.5, 0.6) is 0 Å². The van der Waals surface area contributed by atoms with Crippen molar-refractivity contribution in [3.05, 3.63) is 11.5 Å². The summed E-state index contributed by atoms with van der Waals surface area (Å²) in [4.78, 5) is 5.14. The zero-order chi connectivity index (χ0) is 14.4. The van der Waals surface area contributed by atoms with Crippen molar-refractivity contribution in [2.45, 2.75) is 89.0 Å². The number of aromatic nitrogens is 2. The van der Waals surface area contributed by atoms with Crippen molar-refractivity contribution in [1.29, 1.82) is 0 Å². The Morgan fingerprint density at radius 2 is 1.57 bits per heavy atom. The molecule has 0 unspecified atom stereocenters. The highest BCUT2D eigenvalue weighted by Crippen LogP contribution is 2.46. The van der Waals surface area contributed by atoms with E-state index in [0.717, 1.165) is 11.7 Å². The lowest BCUT2D eigenvalue weighted by Gasteiger charge is -2.25. The summed E-state index contributed by atoms with van der Waals surface area (Å²) < 4.78 is 2.45. The van der Waals surface area contributed by atoms with E-state index in [9.17, 15) is 0 Å². The van der Waals surface area contributed by atoms with Gasteiger partial charge in [-0.1, -0.05) is 32.6 Å². The fraction of sp³-hybridized carbons (Fsp3) is 0.833. The SMILES string of the molecule is CC1CCC(c2nc(C3CCCC3)n(C3CC3)c2N)CC1. The molecule has 116 valence electrons. The molecule has 0 spiro atoms. The number of anilines is 1. The number of rotatable bonds is 3. The maximum Gasteiger partial charge on any atom is 0.127 e. The highest BCUT2D eigenvalue weighted by Gasteiger charge is 2.35. The van der Waals surface area contributed by atoms with E-state index < -0.39 is 0 Å². The number of imidazole rings is 1. The standard InChI is InChI=1S/C18H29N3/c1-12-6-8-13(9-7-12)16-17(19)21(15-10-11-15)18(20-16)14-4-2-3-5-14/h12-15H,2-11,19H2,1H3. The number of hydrogen-bond donors (Lipinski definition) is 1. The molecule has 3 heteroatoms. The minimum atomic E-state index is 0.626. The molecule has 21 heavy (non-hydrogen) atoms. The Labute approximate surface area is 128 Å². The van der Waals surface area contributed by atoms with Crippen LogP contribution in [0.3, 0.4) is 0 Å². The highest BCUT2D eigenvalue weighted by atomic mass is 15.2. The molecule has 3 nitrogen and oxygen atoms in total. The van der Waals surface area contributed by atoms with Gasteiger partial charge in [0, 0.05) is 17.9 Å². The molecule has 0 saturated heterocycles. The van der Waals surface area contributed by atoms with Gasteiger partial charge in [0.1, 0.15) is 11.6 Å². The molecule has 3 fully saturated rings. The number of nitrogens with two attached hydrogens (primary N) is 1. The molecule has 0 radical (unpaired) electrons. The van der Waals surface area contributed by atoms with Gasteiger partial charge in [-0.3, -0.25) is 0 Å². The molecule has 0 aliphatic heterocycles. The summed E-state index contributed by atoms with van der Waals surface area (Å²) in [5, 5.41) is 0. The van der Waals surface area contributed by atoms with Crippen molar-refractivity contribution in [1.82, 2.24) is 9.55 Å². The predicted octanol–water partition coefficient (Wildman–Crippen LogP) is 4.75. The van der Waals surface area contributed by atoms with Crippen molar-refractivity contribution in [2.75, 3.05) is 5.73 Å². The van der Waals surface area contributed by atoms with Gasteiger partial charge in [-0.05, 0) is 44.4 Å². The van der Waals surface area contributed by atoms with Crippen LogP contribution in [-0.2, 0) is 0 Å². The Bertz CT molecular complexity index is 501. The Balaban J connectivity index is 1.66. The quantitative estimate of drug-likeness (QED) is 0.871. The molecule has 4 rings (SSSR count). The molecule has 0 atom stereocenters. The number of nitrogens with zero attached hydrogens (tertiary/aromatic N) is 2. The topological polar surface area (TPSA) is 43.8 Å². The monoisotopic (exact) mass is 287 g/mol. The van der Waals surface area contributed by atoms with E-state index in [-0.39, 0.29) is 0 Å². The number of nitrogen functional groups attached to an aromatic ring is 1. The first-order valence-corrected chi connectivity index (χ1v) is 9.11. The van der Waals surface area contributed by atoms with E-state index in [1.54, 1.807) is 0 Å². The van der Waals surface area contributed by atoms with Crippen LogP contribution in [0.25, 0.3) is 0 Å². The van der Waals surface area contributed by atoms with Crippen molar-refractivity contribution in [3.63, 3.8) is 0 Å². The molecular weight excluding hydrogens is 258 g/mol. The first-order chi connectivity index (χ1) is 10.2. The zero-order valence-corrected chi connectivity index (χ0v) is 13.4. The lowest BCUT2D eigenvalue weighted by atomic mass is 9.81. The third-order valence-electron chi connectivity index (χ3n) is 6.04. The lowest BCUT2D eigenvalue weighted by Crippen LogP contribution is -2.13. The molecule has 1 heterocycles. The van der Waals surface area contributed by atoms with E-state index in [1.165, 1.54) is 75.7 Å². The average Bonchev–Trinajstić information content (AvgIpc) is 3.05. The molecule has 0 amide bonds. The minimum absolute atomic E-state index is 0.626. The Hall–Kier alpha value is -0.990. The van der Waals surface area contributed by atoms with Gasteiger partial charge in [-0.25, -0.2) is 4.98 Å². The minimum Gasteiger partial charge on any atom is -0.384 e. The molecule has 1 aromatic rings. The summed E-state index contributed by atoms with van der Waals surface area (Å²) in [6.07, 6.45) is 13.3. The maximum absolute atomic E-state index is 6.58. The second-order valence-electron chi connectivity index (χ2n) is 7.78. The van der Waals surface area contributed by atoms with Gasteiger partial charge in [0.15, 0.2) is 0 Å². The number of hydrogen-bond acceptors (Lipinski definition) is 2. The largest absolute Gasteiger partial charge is 0.384 e. The van der Waals surface area contributed by atoms with Crippen molar-refractivity contribution in [2.24, 2.45) is 5.92 Å². The van der Waals surface area contributed by atoms with Gasteiger partial charge in [-0.15, -0.1) is 0 Å². The first kappa shape index (κ1) is 13.7. The molecule has 3 saturated carbocycles. The lowest BCUT2D eigenvalue weighted by molar-refractivity contribution is 0.345. The fourth-order valence-corrected chi connectivity index (χ4v) is 4.50. The van der Waals surface area contributed by atoms with Gasteiger partial charge in [0.2, 0.25) is 0 Å². The van der Waals surface area contributed by atoms with Crippen molar-refractivity contribution in [3.8, 4) is 0 Å². The van der Waals surface area contributed by atoms with Gasteiger partial charge >= 0.3 is 0 Å². The molecular formula is C18H29N3. The first-order valence-electron chi connectivity index (χ1n) is 9.11. The average molecular weight is 287 g/mol. The third-order valence-corrected chi connectivity index (χ3v) is 6.04. The third kappa shape index (κ3) is 2.49. The summed E-state index contributed by atoms with van der Waals surface area (Å²) in [5.74, 6) is 4.58. The zero-order valence-electron chi connectivity index (χ0n) is 13.4. The predicted molar refractivity (Wildman–Crippen MR) is 86.5 cm³/mol. The van der Waals surface area contributed by atoms with Crippen LogP contribution < -0.4 is 5.73 Å². The summed E-state index contributed by atoms with van der Waals surface area (Å²) in [7, 11) is 0. The fourth-order valence-electron chi connectivity index (χ4n) is 4.50. The van der Waals surface area contributed by atoms with Gasteiger partial charge in [0.25, 0.3) is 0 Å². The van der Waals surface area contributed by atoms with E-state index in [4.69, 9.17) is 10.7 Å². The summed E-state index contributed by atoms with van der Waals surface area (Å²) >= 11 is 0. The van der Waals surface area contributed by atoms with Crippen LogP contribution in [0.2, 0.25) is 0 Å². The van der Waals surface area contributed by atoms with Crippen LogP contribution in [0.15, 0.2) is 0 Å². The van der Waals surface area contributed by atoms with Gasteiger partial charge in [-0.2, -0.15) is 0 Å². The summed E-state index contributed by atoms with van der Waals surface area (Å²) in [5.41, 5.74) is 7.84. The van der Waals surface area contributed by atoms with Crippen LogP contribution in [0, 0.1) is 5.92 Å². The maximum atomic E-state index is 6.58. The molecule has 0 aromatic carbocycles. The Morgan fingerprint density at radius 3 is 2.19 bits per heavy atom. The van der Waals surface area contributed by atoms with E-state index in [2.05, 4.69) is 11.5 Å². The molecule has 3 aliphatic rings. The summed E-state index contributed by atoms with van der Waals surface area (Å²) in [6.45, 7) is 2.38. The van der Waals surface area contributed by atoms with E-state index >= 15 is 0 Å².